The number of hydrogen-bond acceptors (Lipinski definition) is 5. The van der Waals surface area contributed by atoms with Gasteiger partial charge in [0.05, 0.1) is 11.4 Å². The quantitative estimate of drug-likeness (QED) is 0.300. The molecule has 4 rings (SSSR count). The summed E-state index contributed by atoms with van der Waals surface area (Å²) in [5, 5.41) is 4.21. The number of aryl methyl sites for hydroxylation is 2. The first-order chi connectivity index (χ1) is 14.9. The number of benzene rings is 2. The lowest BCUT2D eigenvalue weighted by Crippen LogP contribution is -2.23. The summed E-state index contributed by atoms with van der Waals surface area (Å²) in [6, 6.07) is 13.7. The van der Waals surface area contributed by atoms with E-state index in [1.54, 1.807) is 29.8 Å². The van der Waals surface area contributed by atoms with E-state index in [0.717, 1.165) is 33.4 Å². The van der Waals surface area contributed by atoms with Gasteiger partial charge in [-0.3, -0.25) is 14.3 Å². The van der Waals surface area contributed by atoms with Crippen LogP contribution in [0.1, 0.15) is 23.7 Å². The first kappa shape index (κ1) is 21.6. The number of nitrogens with zero attached hydrogens (tertiary/aromatic N) is 4. The van der Waals surface area contributed by atoms with E-state index in [0.29, 0.717) is 15.9 Å². The number of amides is 1. The standard InChI is InChI=1S/C23H21ClN4OS2/c1-15-7-8-21(16(2)11-15)28(17(3)29)23-26-19(14-31-23)13-30-22-25-9-10-27(22)20-6-4-5-18(24)12-20/h4-12,14H,13H2,1-3H3. The van der Waals surface area contributed by atoms with Gasteiger partial charge in [-0.25, -0.2) is 9.97 Å². The van der Waals surface area contributed by atoms with Crippen LogP contribution < -0.4 is 4.90 Å². The molecule has 0 aliphatic carbocycles. The lowest BCUT2D eigenvalue weighted by atomic mass is 10.1. The van der Waals surface area contributed by atoms with Crippen molar-refractivity contribution in [2.24, 2.45) is 0 Å². The predicted octanol–water partition coefficient (Wildman–Crippen LogP) is 6.58. The van der Waals surface area contributed by atoms with E-state index in [2.05, 4.69) is 11.1 Å². The summed E-state index contributed by atoms with van der Waals surface area (Å²) in [6.45, 7) is 5.62. The zero-order valence-electron chi connectivity index (χ0n) is 17.4. The van der Waals surface area contributed by atoms with E-state index in [1.165, 1.54) is 11.3 Å². The van der Waals surface area contributed by atoms with Crippen LogP contribution in [-0.2, 0) is 10.5 Å². The van der Waals surface area contributed by atoms with E-state index in [-0.39, 0.29) is 5.91 Å². The van der Waals surface area contributed by atoms with Gasteiger partial charge in [0.1, 0.15) is 0 Å². The number of thiazole rings is 1. The third-order valence-corrected chi connectivity index (χ3v) is 6.79. The molecule has 2 aromatic heterocycles. The number of carbonyl (C=O) groups excluding carboxylic acids is 1. The second-order valence-electron chi connectivity index (χ2n) is 7.11. The van der Waals surface area contributed by atoms with E-state index in [9.17, 15) is 4.79 Å². The largest absolute Gasteiger partial charge is 0.295 e. The van der Waals surface area contributed by atoms with Crippen LogP contribution in [0.15, 0.2) is 65.4 Å². The zero-order chi connectivity index (χ0) is 22.0. The highest BCUT2D eigenvalue weighted by Crippen LogP contribution is 2.33. The molecule has 5 nitrogen and oxygen atoms in total. The maximum atomic E-state index is 12.4. The van der Waals surface area contributed by atoms with Crippen LogP contribution >= 0.6 is 34.7 Å². The minimum absolute atomic E-state index is 0.0583. The molecule has 0 unspecified atom stereocenters. The van der Waals surface area contributed by atoms with Crippen LogP contribution in [0.5, 0.6) is 0 Å². The zero-order valence-corrected chi connectivity index (χ0v) is 19.8. The Hall–Kier alpha value is -2.61. The van der Waals surface area contributed by atoms with Crippen LogP contribution in [0.25, 0.3) is 5.69 Å². The van der Waals surface area contributed by atoms with Crippen LogP contribution in [0.4, 0.5) is 10.8 Å². The van der Waals surface area contributed by atoms with Crippen LogP contribution in [0.3, 0.4) is 0 Å². The molecule has 4 aromatic rings. The number of thioether (sulfide) groups is 1. The van der Waals surface area contributed by atoms with Crippen molar-refractivity contribution >= 4 is 51.4 Å². The van der Waals surface area contributed by atoms with Crippen molar-refractivity contribution in [2.45, 2.75) is 31.7 Å². The Labute approximate surface area is 194 Å². The summed E-state index contributed by atoms with van der Waals surface area (Å²) in [4.78, 5) is 23.3. The van der Waals surface area contributed by atoms with Crippen LogP contribution in [-0.4, -0.2) is 20.4 Å². The number of carbonyl (C=O) groups is 1. The fourth-order valence-electron chi connectivity index (χ4n) is 3.29. The smallest absolute Gasteiger partial charge is 0.230 e. The second-order valence-corrected chi connectivity index (χ2v) is 9.33. The van der Waals surface area contributed by atoms with Crippen molar-refractivity contribution < 1.29 is 4.79 Å². The molecule has 0 radical (unpaired) electrons. The van der Waals surface area contributed by atoms with Crippen molar-refractivity contribution in [1.82, 2.24) is 14.5 Å². The second kappa shape index (κ2) is 9.26. The van der Waals surface area contributed by atoms with E-state index in [4.69, 9.17) is 16.6 Å². The Morgan fingerprint density at radius 2 is 2.06 bits per heavy atom. The average molecular weight is 469 g/mol. The Morgan fingerprint density at radius 3 is 2.81 bits per heavy atom. The molecular formula is C23H21ClN4OS2. The third-order valence-electron chi connectivity index (χ3n) is 4.68. The van der Waals surface area contributed by atoms with Crippen LogP contribution in [0.2, 0.25) is 5.02 Å². The summed E-state index contributed by atoms with van der Waals surface area (Å²) < 4.78 is 2.00. The van der Waals surface area contributed by atoms with Crippen molar-refractivity contribution in [2.75, 3.05) is 4.90 Å². The fraction of sp³-hybridized carbons (Fsp3) is 0.174. The van der Waals surface area contributed by atoms with Crippen molar-refractivity contribution in [3.63, 3.8) is 0 Å². The molecule has 0 fully saturated rings. The van der Waals surface area contributed by atoms with Gasteiger partial charge in [-0.05, 0) is 43.7 Å². The molecule has 0 atom stereocenters. The molecule has 158 valence electrons. The fourth-order valence-corrected chi connectivity index (χ4v) is 5.32. The van der Waals surface area contributed by atoms with Crippen LogP contribution in [0, 0.1) is 13.8 Å². The van der Waals surface area contributed by atoms with E-state index < -0.39 is 0 Å². The van der Waals surface area contributed by atoms with Gasteiger partial charge < -0.3 is 0 Å². The Kier molecular flexibility index (Phi) is 6.46. The van der Waals surface area contributed by atoms with E-state index in [1.807, 2.05) is 66.4 Å². The number of aromatic nitrogens is 3. The molecule has 2 heterocycles. The molecule has 8 heteroatoms. The molecule has 1 amide bonds. The molecule has 0 aliphatic rings. The number of halogens is 1. The molecule has 0 bridgehead atoms. The minimum Gasteiger partial charge on any atom is -0.295 e. The molecular weight excluding hydrogens is 448 g/mol. The number of anilines is 2. The molecule has 31 heavy (non-hydrogen) atoms. The monoisotopic (exact) mass is 468 g/mol. The maximum absolute atomic E-state index is 12.4. The van der Waals surface area contributed by atoms with Gasteiger partial charge in [0.25, 0.3) is 0 Å². The average Bonchev–Trinajstić information content (AvgIpc) is 3.37. The predicted molar refractivity (Wildman–Crippen MR) is 129 cm³/mol. The highest BCUT2D eigenvalue weighted by Gasteiger charge is 2.20. The molecule has 2 aromatic carbocycles. The highest BCUT2D eigenvalue weighted by atomic mass is 35.5. The van der Waals surface area contributed by atoms with Crippen molar-refractivity contribution in [1.29, 1.82) is 0 Å². The van der Waals surface area contributed by atoms with Crippen molar-refractivity contribution in [3.8, 4) is 5.69 Å². The van der Waals surface area contributed by atoms with Crippen molar-refractivity contribution in [3.05, 3.63) is 82.1 Å². The molecule has 0 spiro atoms. The van der Waals surface area contributed by atoms with Gasteiger partial charge in [0.15, 0.2) is 10.3 Å². The molecule has 0 aliphatic heterocycles. The van der Waals surface area contributed by atoms with Gasteiger partial charge in [0, 0.05) is 41.2 Å². The van der Waals surface area contributed by atoms with Gasteiger partial charge in [0.2, 0.25) is 5.91 Å². The minimum atomic E-state index is -0.0583. The Balaban J connectivity index is 1.53. The van der Waals surface area contributed by atoms with E-state index >= 15 is 0 Å². The Bertz CT molecular complexity index is 1230. The lowest BCUT2D eigenvalue weighted by Gasteiger charge is -2.20. The number of imidazole rings is 1. The summed E-state index contributed by atoms with van der Waals surface area (Å²) in [7, 11) is 0. The normalized spacial score (nSPS) is 11.0. The highest BCUT2D eigenvalue weighted by molar-refractivity contribution is 7.98. The maximum Gasteiger partial charge on any atom is 0.230 e. The Morgan fingerprint density at radius 1 is 1.23 bits per heavy atom. The summed E-state index contributed by atoms with van der Waals surface area (Å²) in [6.07, 6.45) is 3.69. The first-order valence-corrected chi connectivity index (χ1v) is 11.9. The third kappa shape index (κ3) is 4.84. The topological polar surface area (TPSA) is 51.0 Å². The van der Waals surface area contributed by atoms with Gasteiger partial charge in [-0.1, -0.05) is 47.1 Å². The number of rotatable bonds is 6. The van der Waals surface area contributed by atoms with Gasteiger partial charge in [-0.2, -0.15) is 0 Å². The molecule has 0 saturated heterocycles. The molecule has 0 saturated carbocycles. The first-order valence-electron chi connectivity index (χ1n) is 9.67. The summed E-state index contributed by atoms with van der Waals surface area (Å²) >= 11 is 9.19. The summed E-state index contributed by atoms with van der Waals surface area (Å²) in [5.74, 6) is 0.587. The number of hydrogen-bond donors (Lipinski definition) is 0. The van der Waals surface area contributed by atoms with Gasteiger partial charge in [-0.15, -0.1) is 11.3 Å². The summed E-state index contributed by atoms with van der Waals surface area (Å²) in [5.41, 5.74) is 4.94. The SMILES string of the molecule is CC(=O)N(c1nc(CSc2nccn2-c2cccc(Cl)c2)cs1)c1ccc(C)cc1C. The van der Waals surface area contributed by atoms with Gasteiger partial charge >= 0.3 is 0 Å². The lowest BCUT2D eigenvalue weighted by molar-refractivity contribution is -0.115. The molecule has 0 N–H and O–H groups in total.